The van der Waals surface area contributed by atoms with E-state index in [4.69, 9.17) is 14.3 Å². The first-order chi connectivity index (χ1) is 12.4. The number of carbonyl (C=O) groups is 1. The van der Waals surface area contributed by atoms with Crippen LogP contribution in [-0.4, -0.2) is 24.3 Å². The lowest BCUT2D eigenvalue weighted by Gasteiger charge is -2.12. The number of aryl methyl sites for hydroxylation is 2. The predicted octanol–water partition coefficient (Wildman–Crippen LogP) is 3.53. The molecule has 3 aromatic rings. The van der Waals surface area contributed by atoms with E-state index in [1.807, 2.05) is 32.0 Å². The van der Waals surface area contributed by atoms with E-state index in [0.717, 1.165) is 16.7 Å². The Bertz CT molecular complexity index is 1050. The standard InChI is InChI=1S/C21H20O5/c1-12-7-8-15(13(2)11-12)19-14(3)18(23)16-5-4-6-17(20(16)26-19)21(24)25-10-9-22/h4-8,11,22H,9-10H2,1-3H3. The van der Waals surface area contributed by atoms with Gasteiger partial charge in [0.2, 0.25) is 0 Å². The third-order valence-electron chi connectivity index (χ3n) is 4.32. The molecule has 5 heteroatoms. The zero-order chi connectivity index (χ0) is 18.8. The average molecular weight is 352 g/mol. The Morgan fingerprint density at radius 1 is 1.15 bits per heavy atom. The van der Waals surface area contributed by atoms with Gasteiger partial charge in [0.25, 0.3) is 0 Å². The van der Waals surface area contributed by atoms with Crippen molar-refractivity contribution in [1.29, 1.82) is 0 Å². The van der Waals surface area contributed by atoms with Gasteiger partial charge in [0.05, 0.1) is 12.0 Å². The topological polar surface area (TPSA) is 76.7 Å². The Labute approximate surface area is 150 Å². The molecule has 0 aliphatic carbocycles. The van der Waals surface area contributed by atoms with E-state index < -0.39 is 5.97 Å². The SMILES string of the molecule is Cc1ccc(-c2oc3c(C(=O)OCCO)cccc3c(=O)c2C)c(C)c1. The minimum Gasteiger partial charge on any atom is -0.460 e. The monoisotopic (exact) mass is 352 g/mol. The molecule has 0 fully saturated rings. The third-order valence-corrected chi connectivity index (χ3v) is 4.32. The van der Waals surface area contributed by atoms with Crippen LogP contribution in [0.25, 0.3) is 22.3 Å². The number of carbonyl (C=O) groups excluding carboxylic acids is 1. The second-order valence-corrected chi connectivity index (χ2v) is 6.25. The normalized spacial score (nSPS) is 10.9. The molecular weight excluding hydrogens is 332 g/mol. The van der Waals surface area contributed by atoms with E-state index in [2.05, 4.69) is 0 Å². The molecule has 0 radical (unpaired) electrons. The van der Waals surface area contributed by atoms with E-state index in [-0.39, 0.29) is 29.8 Å². The number of rotatable bonds is 4. The van der Waals surface area contributed by atoms with Crippen molar-refractivity contribution in [2.75, 3.05) is 13.2 Å². The van der Waals surface area contributed by atoms with E-state index >= 15 is 0 Å². The van der Waals surface area contributed by atoms with Crippen molar-refractivity contribution in [3.63, 3.8) is 0 Å². The number of esters is 1. The summed E-state index contributed by atoms with van der Waals surface area (Å²) in [7, 11) is 0. The van der Waals surface area contributed by atoms with Crippen molar-refractivity contribution in [3.05, 3.63) is 68.9 Å². The predicted molar refractivity (Wildman–Crippen MR) is 99.5 cm³/mol. The molecule has 0 saturated carbocycles. The maximum atomic E-state index is 12.8. The summed E-state index contributed by atoms with van der Waals surface area (Å²) in [6.45, 7) is 5.28. The molecule has 1 aromatic heterocycles. The highest BCUT2D eigenvalue weighted by molar-refractivity contribution is 6.02. The van der Waals surface area contributed by atoms with Gasteiger partial charge in [-0.15, -0.1) is 0 Å². The van der Waals surface area contributed by atoms with Gasteiger partial charge in [0.1, 0.15) is 17.9 Å². The molecule has 2 aromatic carbocycles. The van der Waals surface area contributed by atoms with Gasteiger partial charge in [-0.25, -0.2) is 4.79 Å². The summed E-state index contributed by atoms with van der Waals surface area (Å²) in [5, 5.41) is 9.18. The Balaban J connectivity index is 2.27. The number of ether oxygens (including phenoxy) is 1. The van der Waals surface area contributed by atoms with Crippen molar-refractivity contribution in [2.24, 2.45) is 0 Å². The van der Waals surface area contributed by atoms with Crippen LogP contribution in [0.15, 0.2) is 45.6 Å². The second-order valence-electron chi connectivity index (χ2n) is 6.25. The maximum absolute atomic E-state index is 12.8. The van der Waals surface area contributed by atoms with Crippen LogP contribution in [0.1, 0.15) is 27.0 Å². The first-order valence-electron chi connectivity index (χ1n) is 8.36. The summed E-state index contributed by atoms with van der Waals surface area (Å²) in [5.74, 6) is -0.189. The summed E-state index contributed by atoms with van der Waals surface area (Å²) >= 11 is 0. The average Bonchev–Trinajstić information content (AvgIpc) is 2.62. The van der Waals surface area contributed by atoms with Crippen LogP contribution in [0.2, 0.25) is 0 Å². The quantitative estimate of drug-likeness (QED) is 0.727. The van der Waals surface area contributed by atoms with E-state index in [1.165, 1.54) is 0 Å². The molecule has 0 aliphatic heterocycles. The van der Waals surface area contributed by atoms with Gasteiger partial charge in [0.15, 0.2) is 11.0 Å². The van der Waals surface area contributed by atoms with Crippen molar-refractivity contribution in [3.8, 4) is 11.3 Å². The van der Waals surface area contributed by atoms with Gasteiger partial charge >= 0.3 is 5.97 Å². The minimum absolute atomic E-state index is 0.116. The Morgan fingerprint density at radius 2 is 1.92 bits per heavy atom. The van der Waals surface area contributed by atoms with Crippen LogP contribution in [0.5, 0.6) is 0 Å². The molecule has 5 nitrogen and oxygen atoms in total. The lowest BCUT2D eigenvalue weighted by Crippen LogP contribution is -2.13. The second kappa shape index (κ2) is 7.14. The van der Waals surface area contributed by atoms with Crippen molar-refractivity contribution >= 4 is 16.9 Å². The van der Waals surface area contributed by atoms with Crippen LogP contribution in [0, 0.1) is 20.8 Å². The molecule has 0 amide bonds. The number of benzene rings is 2. The summed E-state index contributed by atoms with van der Waals surface area (Å²) in [6, 6.07) is 10.7. The minimum atomic E-state index is -0.636. The summed E-state index contributed by atoms with van der Waals surface area (Å²) in [5.41, 5.74) is 3.57. The summed E-state index contributed by atoms with van der Waals surface area (Å²) < 4.78 is 11.0. The zero-order valence-corrected chi connectivity index (χ0v) is 15.0. The molecular formula is C21H20O5. The highest BCUT2D eigenvalue weighted by Crippen LogP contribution is 2.30. The lowest BCUT2D eigenvalue weighted by molar-refractivity contribution is 0.0434. The van der Waals surface area contributed by atoms with Gasteiger partial charge in [-0.2, -0.15) is 0 Å². The first-order valence-corrected chi connectivity index (χ1v) is 8.36. The number of hydrogen-bond acceptors (Lipinski definition) is 5. The molecule has 0 aliphatic rings. The van der Waals surface area contributed by atoms with Crippen LogP contribution in [0.3, 0.4) is 0 Å². The zero-order valence-electron chi connectivity index (χ0n) is 15.0. The number of fused-ring (bicyclic) bond motifs is 1. The van der Waals surface area contributed by atoms with Crippen LogP contribution >= 0.6 is 0 Å². The fraction of sp³-hybridized carbons (Fsp3) is 0.238. The van der Waals surface area contributed by atoms with Gasteiger partial charge in [-0.1, -0.05) is 29.8 Å². The van der Waals surface area contributed by atoms with Gasteiger partial charge in [-0.3, -0.25) is 4.79 Å². The number of aliphatic hydroxyl groups excluding tert-OH is 1. The number of hydrogen-bond donors (Lipinski definition) is 1. The molecule has 26 heavy (non-hydrogen) atoms. The summed E-state index contributed by atoms with van der Waals surface area (Å²) in [6.07, 6.45) is 0. The molecule has 0 atom stereocenters. The van der Waals surface area contributed by atoms with E-state index in [9.17, 15) is 9.59 Å². The smallest absolute Gasteiger partial charge is 0.342 e. The van der Waals surface area contributed by atoms with Gasteiger partial charge < -0.3 is 14.3 Å². The van der Waals surface area contributed by atoms with Gasteiger partial charge in [0, 0.05) is 11.1 Å². The number of para-hydroxylation sites is 1. The fourth-order valence-electron chi connectivity index (χ4n) is 3.01. The molecule has 0 spiro atoms. The van der Waals surface area contributed by atoms with Crippen molar-refractivity contribution < 1.29 is 19.1 Å². The van der Waals surface area contributed by atoms with Crippen molar-refractivity contribution in [2.45, 2.75) is 20.8 Å². The molecule has 0 saturated heterocycles. The largest absolute Gasteiger partial charge is 0.460 e. The number of aliphatic hydroxyl groups is 1. The van der Waals surface area contributed by atoms with Crippen molar-refractivity contribution in [1.82, 2.24) is 0 Å². The lowest BCUT2D eigenvalue weighted by atomic mass is 9.99. The van der Waals surface area contributed by atoms with Crippen LogP contribution < -0.4 is 5.43 Å². The molecule has 0 bridgehead atoms. The highest BCUT2D eigenvalue weighted by atomic mass is 16.5. The first kappa shape index (κ1) is 17.9. The molecule has 0 unspecified atom stereocenters. The molecule has 1 heterocycles. The van der Waals surface area contributed by atoms with Gasteiger partial charge in [-0.05, 0) is 38.5 Å². The third kappa shape index (κ3) is 3.13. The molecule has 3 rings (SSSR count). The highest BCUT2D eigenvalue weighted by Gasteiger charge is 2.19. The Kier molecular flexibility index (Phi) is 4.91. The Hall–Kier alpha value is -2.92. The Morgan fingerprint density at radius 3 is 2.62 bits per heavy atom. The fourth-order valence-corrected chi connectivity index (χ4v) is 3.01. The maximum Gasteiger partial charge on any atom is 0.342 e. The molecule has 134 valence electrons. The van der Waals surface area contributed by atoms with Crippen LogP contribution in [0.4, 0.5) is 0 Å². The van der Waals surface area contributed by atoms with E-state index in [1.54, 1.807) is 25.1 Å². The molecule has 1 N–H and O–H groups in total. The van der Waals surface area contributed by atoms with E-state index in [0.29, 0.717) is 16.7 Å². The summed E-state index contributed by atoms with van der Waals surface area (Å²) in [4.78, 5) is 25.1. The van der Waals surface area contributed by atoms with Crippen LogP contribution in [-0.2, 0) is 4.74 Å².